The standard InChI is InChI=1S/C11H11ClN2OS/c1-7-5-8(14(2)13-7)6-10(15)11-9(12)3-4-16-11/h3-5H,6H2,1-2H3. The average Bonchev–Trinajstić information content (AvgIpc) is 2.74. The van der Waals surface area contributed by atoms with E-state index in [4.69, 9.17) is 11.6 Å². The van der Waals surface area contributed by atoms with Crippen LogP contribution in [-0.2, 0) is 13.5 Å². The van der Waals surface area contributed by atoms with E-state index >= 15 is 0 Å². The third-order valence-electron chi connectivity index (χ3n) is 2.31. The van der Waals surface area contributed by atoms with Crippen molar-refractivity contribution >= 4 is 28.7 Å². The number of ketones is 1. The van der Waals surface area contributed by atoms with Crippen molar-refractivity contribution in [2.24, 2.45) is 7.05 Å². The number of thiophene rings is 1. The average molecular weight is 255 g/mol. The number of carbonyl (C=O) groups is 1. The Morgan fingerprint density at radius 2 is 2.38 bits per heavy atom. The number of nitrogens with zero attached hydrogens (tertiary/aromatic N) is 2. The highest BCUT2D eigenvalue weighted by atomic mass is 35.5. The van der Waals surface area contributed by atoms with Gasteiger partial charge < -0.3 is 0 Å². The Labute approximate surface area is 103 Å². The van der Waals surface area contributed by atoms with Gasteiger partial charge in [0.2, 0.25) is 0 Å². The molecule has 2 heterocycles. The molecule has 16 heavy (non-hydrogen) atoms. The lowest BCUT2D eigenvalue weighted by Crippen LogP contribution is -2.06. The second kappa shape index (κ2) is 4.39. The molecule has 0 amide bonds. The van der Waals surface area contributed by atoms with Gasteiger partial charge in [0.15, 0.2) is 5.78 Å². The number of hydrogen-bond donors (Lipinski definition) is 0. The molecule has 0 atom stereocenters. The Kier molecular flexibility index (Phi) is 3.12. The minimum absolute atomic E-state index is 0.0444. The molecule has 0 fully saturated rings. The molecule has 0 aliphatic carbocycles. The van der Waals surface area contributed by atoms with Gasteiger partial charge >= 0.3 is 0 Å². The zero-order valence-corrected chi connectivity index (χ0v) is 10.6. The first-order valence-corrected chi connectivity index (χ1v) is 6.09. The third kappa shape index (κ3) is 2.18. The summed E-state index contributed by atoms with van der Waals surface area (Å²) in [4.78, 5) is 12.6. The van der Waals surface area contributed by atoms with Crippen LogP contribution in [0.4, 0.5) is 0 Å². The van der Waals surface area contributed by atoms with E-state index in [1.807, 2.05) is 25.4 Å². The van der Waals surface area contributed by atoms with Crippen molar-refractivity contribution < 1.29 is 4.79 Å². The van der Waals surface area contributed by atoms with E-state index in [1.54, 1.807) is 10.7 Å². The zero-order valence-electron chi connectivity index (χ0n) is 9.03. The van der Waals surface area contributed by atoms with Crippen LogP contribution in [0.5, 0.6) is 0 Å². The molecule has 2 rings (SSSR count). The van der Waals surface area contributed by atoms with Crippen molar-refractivity contribution in [1.29, 1.82) is 0 Å². The Morgan fingerprint density at radius 1 is 1.62 bits per heavy atom. The summed E-state index contributed by atoms with van der Waals surface area (Å²) in [6.07, 6.45) is 0.345. The monoisotopic (exact) mass is 254 g/mol. The van der Waals surface area contributed by atoms with E-state index in [0.29, 0.717) is 16.3 Å². The zero-order chi connectivity index (χ0) is 11.7. The molecule has 84 valence electrons. The molecular weight excluding hydrogens is 244 g/mol. The highest BCUT2D eigenvalue weighted by molar-refractivity contribution is 7.12. The molecule has 3 nitrogen and oxygen atoms in total. The fraction of sp³-hybridized carbons (Fsp3) is 0.273. The van der Waals surface area contributed by atoms with E-state index in [9.17, 15) is 4.79 Å². The first-order valence-electron chi connectivity index (χ1n) is 4.83. The van der Waals surface area contributed by atoms with Crippen LogP contribution in [0.1, 0.15) is 21.1 Å². The molecular formula is C11H11ClN2OS. The van der Waals surface area contributed by atoms with Gasteiger partial charge in [-0.3, -0.25) is 9.48 Å². The van der Waals surface area contributed by atoms with Crippen LogP contribution in [-0.4, -0.2) is 15.6 Å². The van der Waals surface area contributed by atoms with Crippen LogP contribution in [0.3, 0.4) is 0 Å². The van der Waals surface area contributed by atoms with Crippen LogP contribution >= 0.6 is 22.9 Å². The van der Waals surface area contributed by atoms with Crippen LogP contribution in [0.25, 0.3) is 0 Å². The Hall–Kier alpha value is -1.13. The van der Waals surface area contributed by atoms with Gasteiger partial charge in [-0.25, -0.2) is 0 Å². The minimum Gasteiger partial charge on any atom is -0.293 e. The van der Waals surface area contributed by atoms with E-state index < -0.39 is 0 Å². The van der Waals surface area contributed by atoms with E-state index in [-0.39, 0.29) is 5.78 Å². The van der Waals surface area contributed by atoms with E-state index in [2.05, 4.69) is 5.10 Å². The number of rotatable bonds is 3. The number of aryl methyl sites for hydroxylation is 2. The normalized spacial score (nSPS) is 10.7. The molecule has 0 unspecified atom stereocenters. The molecule has 0 radical (unpaired) electrons. The maximum absolute atomic E-state index is 11.9. The summed E-state index contributed by atoms with van der Waals surface area (Å²) in [5.41, 5.74) is 1.83. The second-order valence-electron chi connectivity index (χ2n) is 3.60. The molecule has 2 aromatic rings. The first kappa shape index (κ1) is 11.4. The lowest BCUT2D eigenvalue weighted by Gasteiger charge is -2.00. The summed E-state index contributed by atoms with van der Waals surface area (Å²) in [5, 5.41) is 6.56. The van der Waals surface area contributed by atoms with Crippen LogP contribution < -0.4 is 0 Å². The SMILES string of the molecule is Cc1cc(CC(=O)c2sccc2Cl)n(C)n1. The number of carbonyl (C=O) groups excluding carboxylic acids is 1. The number of halogens is 1. The van der Waals surface area contributed by atoms with Crippen molar-refractivity contribution in [3.63, 3.8) is 0 Å². The smallest absolute Gasteiger partial charge is 0.180 e. The Balaban J connectivity index is 2.20. The fourth-order valence-electron chi connectivity index (χ4n) is 1.57. The Bertz CT molecular complexity index is 530. The number of hydrogen-bond acceptors (Lipinski definition) is 3. The number of aromatic nitrogens is 2. The van der Waals surface area contributed by atoms with E-state index in [1.165, 1.54) is 11.3 Å². The second-order valence-corrected chi connectivity index (χ2v) is 4.92. The summed E-state index contributed by atoms with van der Waals surface area (Å²) in [5.74, 6) is 0.0444. The summed E-state index contributed by atoms with van der Waals surface area (Å²) in [6.45, 7) is 1.91. The molecule has 0 aliphatic rings. The molecule has 0 bridgehead atoms. The van der Waals surface area contributed by atoms with Crippen molar-refractivity contribution in [2.75, 3.05) is 0 Å². The lowest BCUT2D eigenvalue weighted by molar-refractivity contribution is 0.0995. The molecule has 2 aromatic heterocycles. The van der Waals surface area contributed by atoms with Gasteiger partial charge in [-0.1, -0.05) is 11.6 Å². The van der Waals surface area contributed by atoms with Gasteiger partial charge in [0, 0.05) is 12.7 Å². The maximum Gasteiger partial charge on any atom is 0.180 e. The molecule has 5 heteroatoms. The van der Waals surface area contributed by atoms with Crippen molar-refractivity contribution in [1.82, 2.24) is 9.78 Å². The van der Waals surface area contributed by atoms with Crippen LogP contribution in [0, 0.1) is 6.92 Å². The molecule has 0 N–H and O–H groups in total. The lowest BCUT2D eigenvalue weighted by atomic mass is 10.2. The van der Waals surface area contributed by atoms with Gasteiger partial charge in [0.1, 0.15) is 0 Å². The van der Waals surface area contributed by atoms with Crippen LogP contribution in [0.15, 0.2) is 17.5 Å². The quantitative estimate of drug-likeness (QED) is 0.790. The summed E-state index contributed by atoms with van der Waals surface area (Å²) >= 11 is 7.29. The predicted octanol–water partition coefficient (Wildman–Crippen LogP) is 2.87. The third-order valence-corrected chi connectivity index (χ3v) is 3.69. The Morgan fingerprint density at radius 3 is 2.88 bits per heavy atom. The first-order chi connectivity index (χ1) is 7.58. The highest BCUT2D eigenvalue weighted by Crippen LogP contribution is 2.23. The molecule has 0 spiro atoms. The van der Waals surface area contributed by atoms with Gasteiger partial charge in [-0.2, -0.15) is 5.10 Å². The fourth-order valence-corrected chi connectivity index (χ4v) is 2.67. The largest absolute Gasteiger partial charge is 0.293 e. The van der Waals surface area contributed by atoms with Crippen LogP contribution in [0.2, 0.25) is 5.02 Å². The van der Waals surface area contributed by atoms with Gasteiger partial charge in [0.05, 0.1) is 22.0 Å². The summed E-state index contributed by atoms with van der Waals surface area (Å²) < 4.78 is 1.73. The number of Topliss-reactive ketones (excluding diaryl/α,β-unsaturated/α-hetero) is 1. The molecule has 0 aromatic carbocycles. The van der Waals surface area contributed by atoms with Crippen molar-refractivity contribution in [3.8, 4) is 0 Å². The van der Waals surface area contributed by atoms with Crippen molar-refractivity contribution in [2.45, 2.75) is 13.3 Å². The van der Waals surface area contributed by atoms with Gasteiger partial charge in [0.25, 0.3) is 0 Å². The maximum atomic E-state index is 11.9. The van der Waals surface area contributed by atoms with E-state index in [0.717, 1.165) is 11.4 Å². The van der Waals surface area contributed by atoms with Gasteiger partial charge in [-0.15, -0.1) is 11.3 Å². The summed E-state index contributed by atoms with van der Waals surface area (Å²) in [6, 6.07) is 3.66. The highest BCUT2D eigenvalue weighted by Gasteiger charge is 2.14. The molecule has 0 saturated carbocycles. The predicted molar refractivity (Wildman–Crippen MR) is 65.3 cm³/mol. The molecule has 0 saturated heterocycles. The summed E-state index contributed by atoms with van der Waals surface area (Å²) in [7, 11) is 1.84. The molecule has 0 aliphatic heterocycles. The van der Waals surface area contributed by atoms with Gasteiger partial charge in [-0.05, 0) is 24.4 Å². The van der Waals surface area contributed by atoms with Crippen molar-refractivity contribution in [3.05, 3.63) is 38.8 Å². The topological polar surface area (TPSA) is 34.9 Å². The minimum atomic E-state index is 0.0444.